The van der Waals surface area contributed by atoms with Crippen LogP contribution in [0.4, 0.5) is 8.78 Å². The lowest BCUT2D eigenvalue weighted by molar-refractivity contribution is -0.123. The van der Waals surface area contributed by atoms with Crippen LogP contribution in [-0.4, -0.2) is 36.5 Å². The fourth-order valence-corrected chi connectivity index (χ4v) is 2.42. The summed E-state index contributed by atoms with van der Waals surface area (Å²) in [7, 11) is 0. The monoisotopic (exact) mass is 377 g/mol. The van der Waals surface area contributed by atoms with Gasteiger partial charge in [-0.25, -0.2) is 8.78 Å². The van der Waals surface area contributed by atoms with Gasteiger partial charge in [0.25, 0.3) is 6.43 Å². The second-order valence-corrected chi connectivity index (χ2v) is 6.47. The average molecular weight is 378 g/mol. The highest BCUT2D eigenvalue weighted by molar-refractivity contribution is 9.10. The van der Waals surface area contributed by atoms with Crippen molar-refractivity contribution in [1.82, 2.24) is 5.32 Å². The number of rotatable bonds is 9. The Balaban J connectivity index is 2.64. The predicted octanol–water partition coefficient (Wildman–Crippen LogP) is 3.36. The number of alkyl halides is 2. The van der Waals surface area contributed by atoms with Crippen LogP contribution in [0.2, 0.25) is 0 Å². The number of benzene rings is 1. The highest BCUT2D eigenvalue weighted by atomic mass is 79.9. The van der Waals surface area contributed by atoms with E-state index in [1.54, 1.807) is 0 Å². The normalized spacial score (nSPS) is 14.4. The van der Waals surface area contributed by atoms with E-state index in [-0.39, 0.29) is 24.2 Å². The lowest BCUT2D eigenvalue weighted by Crippen LogP contribution is -2.33. The van der Waals surface area contributed by atoms with E-state index in [1.807, 2.05) is 38.1 Å². The number of aliphatic hydroxyl groups is 1. The molecule has 2 atom stereocenters. The lowest BCUT2D eigenvalue weighted by atomic mass is 9.86. The summed E-state index contributed by atoms with van der Waals surface area (Å²) in [6.07, 6.45) is -3.92. The standard InChI is InChI=1S/C16H22BrF2NO2/c1-10(2)15(22)13(11-3-5-12(17)6-4-11)7-8-20-9-14(21)16(18)19/h3-6,10,13-14,16,20-21H,7-9H2,1-2H3/t13-,14?/m1/s1. The topological polar surface area (TPSA) is 49.3 Å². The molecular formula is C16H22BrF2NO2. The number of nitrogens with one attached hydrogen (secondary N) is 1. The third-order valence-electron chi connectivity index (χ3n) is 3.44. The summed E-state index contributed by atoms with van der Waals surface area (Å²) in [5.74, 6) is -0.247. The molecule has 0 aliphatic rings. The van der Waals surface area contributed by atoms with Crippen LogP contribution >= 0.6 is 15.9 Å². The van der Waals surface area contributed by atoms with Crippen molar-refractivity contribution in [3.05, 3.63) is 34.3 Å². The van der Waals surface area contributed by atoms with E-state index in [0.29, 0.717) is 13.0 Å². The molecule has 0 saturated heterocycles. The smallest absolute Gasteiger partial charge is 0.265 e. The van der Waals surface area contributed by atoms with Crippen molar-refractivity contribution >= 4 is 21.7 Å². The van der Waals surface area contributed by atoms with Crippen LogP contribution in [0.3, 0.4) is 0 Å². The van der Waals surface area contributed by atoms with Crippen molar-refractivity contribution in [3.8, 4) is 0 Å². The number of Topliss-reactive ketones (excluding diaryl/α,β-unsaturated/α-hetero) is 1. The molecule has 2 N–H and O–H groups in total. The molecule has 0 radical (unpaired) electrons. The van der Waals surface area contributed by atoms with Crippen LogP contribution in [0.15, 0.2) is 28.7 Å². The molecule has 1 rings (SSSR count). The Hall–Kier alpha value is -0.850. The molecule has 0 aromatic heterocycles. The number of aliphatic hydroxyl groups excluding tert-OH is 1. The maximum atomic E-state index is 12.4. The second kappa shape index (κ2) is 9.33. The molecule has 1 unspecified atom stereocenters. The van der Waals surface area contributed by atoms with E-state index >= 15 is 0 Å². The fourth-order valence-electron chi connectivity index (χ4n) is 2.16. The van der Waals surface area contributed by atoms with Crippen LogP contribution in [0.5, 0.6) is 0 Å². The van der Waals surface area contributed by atoms with Crippen molar-refractivity contribution < 1.29 is 18.7 Å². The number of ketones is 1. The number of halogens is 3. The maximum Gasteiger partial charge on any atom is 0.265 e. The van der Waals surface area contributed by atoms with Crippen molar-refractivity contribution in [2.24, 2.45) is 5.92 Å². The van der Waals surface area contributed by atoms with Crippen LogP contribution in [-0.2, 0) is 4.79 Å². The molecule has 0 fully saturated rings. The molecule has 0 aliphatic carbocycles. The summed E-state index contributed by atoms with van der Waals surface area (Å²) in [4.78, 5) is 12.4. The van der Waals surface area contributed by atoms with Gasteiger partial charge in [0.2, 0.25) is 0 Å². The molecule has 1 aromatic rings. The summed E-state index contributed by atoms with van der Waals surface area (Å²) in [6.45, 7) is 3.91. The number of hydrogen-bond acceptors (Lipinski definition) is 3. The molecule has 124 valence electrons. The minimum Gasteiger partial charge on any atom is -0.386 e. The SMILES string of the molecule is CC(C)C(=O)[C@H](CCNCC(O)C(F)F)c1ccc(Br)cc1. The fraction of sp³-hybridized carbons (Fsp3) is 0.562. The van der Waals surface area contributed by atoms with Gasteiger partial charge in [-0.1, -0.05) is 41.9 Å². The van der Waals surface area contributed by atoms with Crippen LogP contribution < -0.4 is 5.32 Å². The van der Waals surface area contributed by atoms with Gasteiger partial charge in [0.05, 0.1) is 0 Å². The molecule has 0 bridgehead atoms. The molecular weight excluding hydrogens is 356 g/mol. The molecule has 1 aromatic carbocycles. The first kappa shape index (κ1) is 19.2. The Kier molecular flexibility index (Phi) is 8.14. The summed E-state index contributed by atoms with van der Waals surface area (Å²) in [5.41, 5.74) is 0.915. The van der Waals surface area contributed by atoms with Crippen molar-refractivity contribution in [2.75, 3.05) is 13.1 Å². The van der Waals surface area contributed by atoms with Gasteiger partial charge in [-0.15, -0.1) is 0 Å². The van der Waals surface area contributed by atoms with Gasteiger partial charge in [-0.3, -0.25) is 4.79 Å². The van der Waals surface area contributed by atoms with Crippen molar-refractivity contribution in [1.29, 1.82) is 0 Å². The number of carbonyl (C=O) groups is 1. The third-order valence-corrected chi connectivity index (χ3v) is 3.97. The first-order valence-corrected chi connectivity index (χ1v) is 8.08. The highest BCUT2D eigenvalue weighted by Gasteiger charge is 2.23. The minimum atomic E-state index is -2.76. The molecule has 0 aliphatic heterocycles. The molecule has 0 spiro atoms. The van der Waals surface area contributed by atoms with Crippen molar-refractivity contribution in [3.63, 3.8) is 0 Å². The van der Waals surface area contributed by atoms with Crippen LogP contribution in [0.1, 0.15) is 31.7 Å². The van der Waals surface area contributed by atoms with E-state index in [1.165, 1.54) is 0 Å². The molecule has 3 nitrogen and oxygen atoms in total. The van der Waals surface area contributed by atoms with Gasteiger partial charge in [0.1, 0.15) is 11.9 Å². The summed E-state index contributed by atoms with van der Waals surface area (Å²) in [5, 5.41) is 11.8. The van der Waals surface area contributed by atoms with E-state index in [2.05, 4.69) is 21.2 Å². The molecule has 0 amide bonds. The Morgan fingerprint density at radius 3 is 2.36 bits per heavy atom. The highest BCUT2D eigenvalue weighted by Crippen LogP contribution is 2.25. The number of carbonyl (C=O) groups excluding carboxylic acids is 1. The maximum absolute atomic E-state index is 12.4. The van der Waals surface area contributed by atoms with E-state index in [0.717, 1.165) is 10.0 Å². The Morgan fingerprint density at radius 2 is 1.86 bits per heavy atom. The summed E-state index contributed by atoms with van der Waals surface area (Å²) >= 11 is 3.36. The van der Waals surface area contributed by atoms with Crippen LogP contribution in [0, 0.1) is 5.92 Å². The van der Waals surface area contributed by atoms with E-state index in [9.17, 15) is 13.6 Å². The quantitative estimate of drug-likeness (QED) is 0.648. The third kappa shape index (κ3) is 6.10. The summed E-state index contributed by atoms with van der Waals surface area (Å²) < 4.78 is 25.3. The van der Waals surface area contributed by atoms with Gasteiger partial charge in [-0.2, -0.15) is 0 Å². The number of hydrogen-bond donors (Lipinski definition) is 2. The Morgan fingerprint density at radius 1 is 1.27 bits per heavy atom. The zero-order valence-electron chi connectivity index (χ0n) is 12.7. The lowest BCUT2D eigenvalue weighted by Gasteiger charge is -2.19. The molecule has 0 saturated carbocycles. The zero-order chi connectivity index (χ0) is 16.7. The van der Waals surface area contributed by atoms with Gasteiger partial charge in [0.15, 0.2) is 0 Å². The molecule has 0 heterocycles. The van der Waals surface area contributed by atoms with Crippen LogP contribution in [0.25, 0.3) is 0 Å². The minimum absolute atomic E-state index is 0.0969. The van der Waals surface area contributed by atoms with Gasteiger partial charge < -0.3 is 10.4 Å². The average Bonchev–Trinajstić information content (AvgIpc) is 2.47. The second-order valence-electron chi connectivity index (χ2n) is 5.56. The predicted molar refractivity (Wildman–Crippen MR) is 86.2 cm³/mol. The zero-order valence-corrected chi connectivity index (χ0v) is 14.3. The first-order valence-electron chi connectivity index (χ1n) is 7.29. The van der Waals surface area contributed by atoms with Crippen molar-refractivity contribution in [2.45, 2.75) is 38.7 Å². The van der Waals surface area contributed by atoms with Gasteiger partial charge >= 0.3 is 0 Å². The summed E-state index contributed by atoms with van der Waals surface area (Å²) in [6, 6.07) is 7.54. The van der Waals surface area contributed by atoms with E-state index < -0.39 is 12.5 Å². The largest absolute Gasteiger partial charge is 0.386 e. The van der Waals surface area contributed by atoms with E-state index in [4.69, 9.17) is 5.11 Å². The van der Waals surface area contributed by atoms with Gasteiger partial charge in [-0.05, 0) is 30.7 Å². The molecule has 6 heteroatoms. The first-order chi connectivity index (χ1) is 10.3. The Labute approximate surface area is 138 Å². The van der Waals surface area contributed by atoms with Gasteiger partial charge in [0, 0.05) is 22.9 Å². The Bertz CT molecular complexity index is 466. The molecule has 22 heavy (non-hydrogen) atoms.